The van der Waals surface area contributed by atoms with Crippen molar-refractivity contribution in [2.24, 2.45) is 5.92 Å². The van der Waals surface area contributed by atoms with E-state index in [9.17, 15) is 14.4 Å². The summed E-state index contributed by atoms with van der Waals surface area (Å²) in [4.78, 5) is 35.2. The first kappa shape index (κ1) is 18.2. The molecule has 1 aliphatic rings. The SMILES string of the molecule is CC(=O)c1ccccc1NC(=O)COC(=O)CCC1CCCCC1. The van der Waals surface area contributed by atoms with E-state index in [-0.39, 0.29) is 18.4 Å². The zero-order valence-corrected chi connectivity index (χ0v) is 14.2. The van der Waals surface area contributed by atoms with E-state index in [4.69, 9.17) is 4.74 Å². The largest absolute Gasteiger partial charge is 0.456 e. The van der Waals surface area contributed by atoms with Crippen molar-refractivity contribution in [3.05, 3.63) is 29.8 Å². The van der Waals surface area contributed by atoms with Crippen LogP contribution in [0.1, 0.15) is 62.2 Å². The fourth-order valence-corrected chi connectivity index (χ4v) is 3.10. The van der Waals surface area contributed by atoms with Crippen LogP contribution in [0.25, 0.3) is 0 Å². The number of hydrogen-bond acceptors (Lipinski definition) is 4. The van der Waals surface area contributed by atoms with Gasteiger partial charge < -0.3 is 10.1 Å². The first-order valence-electron chi connectivity index (χ1n) is 8.61. The van der Waals surface area contributed by atoms with Crippen molar-refractivity contribution in [3.8, 4) is 0 Å². The van der Waals surface area contributed by atoms with Crippen LogP contribution in [0.3, 0.4) is 0 Å². The fourth-order valence-electron chi connectivity index (χ4n) is 3.10. The number of benzene rings is 1. The van der Waals surface area contributed by atoms with Crippen LogP contribution in [0.15, 0.2) is 24.3 Å². The van der Waals surface area contributed by atoms with Crippen LogP contribution >= 0.6 is 0 Å². The van der Waals surface area contributed by atoms with Crippen LogP contribution in [0.4, 0.5) is 5.69 Å². The Morgan fingerprint density at radius 1 is 1.12 bits per heavy atom. The van der Waals surface area contributed by atoms with Crippen molar-refractivity contribution in [3.63, 3.8) is 0 Å². The molecule has 1 aromatic rings. The van der Waals surface area contributed by atoms with Crippen LogP contribution in [0.2, 0.25) is 0 Å². The summed E-state index contributed by atoms with van der Waals surface area (Å²) in [6.07, 6.45) is 7.37. The van der Waals surface area contributed by atoms with E-state index in [2.05, 4.69) is 5.32 Å². The molecule has 0 saturated heterocycles. The van der Waals surface area contributed by atoms with E-state index in [0.29, 0.717) is 23.6 Å². The highest BCUT2D eigenvalue weighted by Crippen LogP contribution is 2.27. The Hall–Kier alpha value is -2.17. The number of carbonyl (C=O) groups is 3. The highest BCUT2D eigenvalue weighted by molar-refractivity contribution is 6.04. The predicted molar refractivity (Wildman–Crippen MR) is 91.8 cm³/mol. The second-order valence-electron chi connectivity index (χ2n) is 6.35. The quantitative estimate of drug-likeness (QED) is 0.610. The normalized spacial score (nSPS) is 14.9. The summed E-state index contributed by atoms with van der Waals surface area (Å²) in [6.45, 7) is 1.12. The zero-order chi connectivity index (χ0) is 17.4. The molecule has 0 aromatic heterocycles. The molecule has 0 bridgehead atoms. The van der Waals surface area contributed by atoms with Crippen molar-refractivity contribution in [1.82, 2.24) is 0 Å². The van der Waals surface area contributed by atoms with E-state index in [1.54, 1.807) is 24.3 Å². The number of nitrogens with one attached hydrogen (secondary N) is 1. The lowest BCUT2D eigenvalue weighted by molar-refractivity contribution is -0.147. The maximum atomic E-state index is 11.9. The summed E-state index contributed by atoms with van der Waals surface area (Å²) in [5.41, 5.74) is 0.878. The molecular formula is C19H25NO4. The summed E-state index contributed by atoms with van der Waals surface area (Å²) in [7, 11) is 0. The van der Waals surface area contributed by atoms with Gasteiger partial charge in [0.05, 0.1) is 5.69 Å². The van der Waals surface area contributed by atoms with Crippen molar-refractivity contribution in [2.45, 2.75) is 51.9 Å². The highest BCUT2D eigenvalue weighted by Gasteiger charge is 2.16. The van der Waals surface area contributed by atoms with Gasteiger partial charge in [-0.3, -0.25) is 14.4 Å². The number of hydrogen-bond donors (Lipinski definition) is 1. The highest BCUT2D eigenvalue weighted by atomic mass is 16.5. The number of rotatable bonds is 7. The Labute approximate surface area is 142 Å². The molecule has 1 N–H and O–H groups in total. The summed E-state index contributed by atoms with van der Waals surface area (Å²) >= 11 is 0. The van der Waals surface area contributed by atoms with Crippen LogP contribution in [0.5, 0.6) is 0 Å². The number of ether oxygens (including phenoxy) is 1. The van der Waals surface area contributed by atoms with E-state index in [0.717, 1.165) is 6.42 Å². The van der Waals surface area contributed by atoms with Gasteiger partial charge in [0.15, 0.2) is 12.4 Å². The Morgan fingerprint density at radius 3 is 2.54 bits per heavy atom. The number of amides is 1. The lowest BCUT2D eigenvalue weighted by Crippen LogP contribution is -2.22. The molecule has 24 heavy (non-hydrogen) atoms. The van der Waals surface area contributed by atoms with Gasteiger partial charge >= 0.3 is 5.97 Å². The summed E-state index contributed by atoms with van der Waals surface area (Å²) in [6, 6.07) is 6.77. The number of Topliss-reactive ketones (excluding diaryl/α,β-unsaturated/α-hetero) is 1. The van der Waals surface area contributed by atoms with E-state index >= 15 is 0 Å². The molecule has 0 aliphatic heterocycles. The maximum absolute atomic E-state index is 11.9. The monoisotopic (exact) mass is 331 g/mol. The molecule has 2 rings (SSSR count). The number of para-hydroxylation sites is 1. The first-order chi connectivity index (χ1) is 11.6. The molecule has 1 aliphatic carbocycles. The Balaban J connectivity index is 1.72. The van der Waals surface area contributed by atoms with Gasteiger partial charge in [-0.25, -0.2) is 0 Å². The Kier molecular flexibility index (Phi) is 6.97. The molecule has 1 aromatic carbocycles. The molecule has 5 nitrogen and oxygen atoms in total. The second kappa shape index (κ2) is 9.21. The van der Waals surface area contributed by atoms with Gasteiger partial charge in [-0.05, 0) is 31.4 Å². The second-order valence-corrected chi connectivity index (χ2v) is 6.35. The van der Waals surface area contributed by atoms with Crippen molar-refractivity contribution >= 4 is 23.3 Å². The smallest absolute Gasteiger partial charge is 0.306 e. The van der Waals surface area contributed by atoms with Crippen molar-refractivity contribution < 1.29 is 19.1 Å². The van der Waals surface area contributed by atoms with Gasteiger partial charge in [0.1, 0.15) is 0 Å². The van der Waals surface area contributed by atoms with Gasteiger partial charge in [0, 0.05) is 12.0 Å². The number of carbonyl (C=O) groups excluding carboxylic acids is 3. The fraction of sp³-hybridized carbons (Fsp3) is 0.526. The molecule has 1 saturated carbocycles. The van der Waals surface area contributed by atoms with Gasteiger partial charge in [-0.2, -0.15) is 0 Å². The molecule has 1 fully saturated rings. The summed E-state index contributed by atoms with van der Waals surface area (Å²) in [5, 5.41) is 2.62. The number of ketones is 1. The van der Waals surface area contributed by atoms with E-state index in [1.165, 1.54) is 39.0 Å². The third-order valence-corrected chi connectivity index (χ3v) is 4.43. The molecule has 0 atom stereocenters. The Bertz CT molecular complexity index is 591. The van der Waals surface area contributed by atoms with Crippen molar-refractivity contribution in [2.75, 3.05) is 11.9 Å². The topological polar surface area (TPSA) is 72.5 Å². The van der Waals surface area contributed by atoms with Gasteiger partial charge in [-0.1, -0.05) is 44.2 Å². The van der Waals surface area contributed by atoms with Crippen molar-refractivity contribution in [1.29, 1.82) is 0 Å². The molecule has 0 spiro atoms. The average molecular weight is 331 g/mol. The Morgan fingerprint density at radius 2 is 1.83 bits per heavy atom. The molecule has 0 radical (unpaired) electrons. The van der Waals surface area contributed by atoms with Gasteiger partial charge in [0.2, 0.25) is 0 Å². The van der Waals surface area contributed by atoms with Gasteiger partial charge in [0.25, 0.3) is 5.91 Å². The maximum Gasteiger partial charge on any atom is 0.306 e. The molecule has 0 heterocycles. The standard InChI is InChI=1S/C19H25NO4/c1-14(21)16-9-5-6-10-17(16)20-18(22)13-24-19(23)12-11-15-7-3-2-4-8-15/h5-6,9-10,15H,2-4,7-8,11-13H2,1H3,(H,20,22). The molecule has 5 heteroatoms. The number of anilines is 1. The third-order valence-electron chi connectivity index (χ3n) is 4.43. The minimum atomic E-state index is -0.435. The van der Waals surface area contributed by atoms with Gasteiger partial charge in [-0.15, -0.1) is 0 Å². The summed E-state index contributed by atoms with van der Waals surface area (Å²) in [5.74, 6) is -0.289. The number of esters is 1. The van der Waals surface area contributed by atoms with E-state index < -0.39 is 5.91 Å². The summed E-state index contributed by atoms with van der Waals surface area (Å²) < 4.78 is 5.03. The molecule has 0 unspecified atom stereocenters. The minimum Gasteiger partial charge on any atom is -0.456 e. The zero-order valence-electron chi connectivity index (χ0n) is 14.2. The van der Waals surface area contributed by atoms with Crippen LogP contribution in [0, 0.1) is 5.92 Å². The van der Waals surface area contributed by atoms with Crippen LogP contribution in [-0.4, -0.2) is 24.3 Å². The average Bonchev–Trinajstić information content (AvgIpc) is 2.59. The lowest BCUT2D eigenvalue weighted by Gasteiger charge is -2.20. The predicted octanol–water partition coefficient (Wildman–Crippen LogP) is 3.73. The third kappa shape index (κ3) is 5.80. The van der Waals surface area contributed by atoms with Crippen LogP contribution in [-0.2, 0) is 14.3 Å². The minimum absolute atomic E-state index is 0.129. The van der Waals surface area contributed by atoms with E-state index in [1.807, 2.05) is 0 Å². The van der Waals surface area contributed by atoms with Crippen LogP contribution < -0.4 is 5.32 Å². The molecule has 1 amide bonds. The lowest BCUT2D eigenvalue weighted by atomic mass is 9.86. The first-order valence-corrected chi connectivity index (χ1v) is 8.61. The molecule has 130 valence electrons. The molecular weight excluding hydrogens is 306 g/mol.